The summed E-state index contributed by atoms with van der Waals surface area (Å²) in [4.78, 5) is 21.0. The summed E-state index contributed by atoms with van der Waals surface area (Å²) in [5.41, 5.74) is 1.27. The zero-order valence-corrected chi connectivity index (χ0v) is 12.6. The van der Waals surface area contributed by atoms with E-state index in [0.717, 1.165) is 39.1 Å². The number of amides is 1. The van der Waals surface area contributed by atoms with Crippen molar-refractivity contribution in [1.82, 2.24) is 14.8 Å². The first-order valence-corrected chi connectivity index (χ1v) is 7.67. The Hall–Kier alpha value is -1.46. The number of likely N-dealkylation sites (tertiary alicyclic amines) is 2. The lowest BCUT2D eigenvalue weighted by Crippen LogP contribution is -2.46. The SMILES string of the molecule is COCCN1CC[C@H]2CN(Cc3ccncc3)C[C@@H]2C1=O. The summed E-state index contributed by atoms with van der Waals surface area (Å²) in [6, 6.07) is 4.10. The second kappa shape index (κ2) is 6.54. The van der Waals surface area contributed by atoms with Crippen molar-refractivity contribution in [1.29, 1.82) is 0 Å². The molecule has 3 heterocycles. The molecule has 2 aliphatic rings. The summed E-state index contributed by atoms with van der Waals surface area (Å²) in [5.74, 6) is 1.02. The molecule has 2 fully saturated rings. The van der Waals surface area contributed by atoms with E-state index in [2.05, 4.69) is 22.0 Å². The van der Waals surface area contributed by atoms with Crippen LogP contribution >= 0.6 is 0 Å². The molecule has 0 N–H and O–H groups in total. The van der Waals surface area contributed by atoms with Crippen molar-refractivity contribution < 1.29 is 9.53 Å². The van der Waals surface area contributed by atoms with Crippen molar-refractivity contribution in [2.24, 2.45) is 11.8 Å². The Balaban J connectivity index is 1.59. The maximum absolute atomic E-state index is 12.5. The minimum absolute atomic E-state index is 0.178. The number of ether oxygens (including phenoxy) is 1. The van der Waals surface area contributed by atoms with Crippen LogP contribution in [0, 0.1) is 11.8 Å². The first kappa shape index (κ1) is 14.5. The second-order valence-electron chi connectivity index (χ2n) is 6.02. The normalized spacial score (nSPS) is 26.1. The van der Waals surface area contributed by atoms with Crippen molar-refractivity contribution in [3.63, 3.8) is 0 Å². The fourth-order valence-corrected chi connectivity index (χ4v) is 3.50. The van der Waals surface area contributed by atoms with Crippen LogP contribution in [0.1, 0.15) is 12.0 Å². The van der Waals surface area contributed by atoms with Gasteiger partial charge < -0.3 is 9.64 Å². The highest BCUT2D eigenvalue weighted by Crippen LogP contribution is 2.32. The van der Waals surface area contributed by atoms with Gasteiger partial charge in [-0.2, -0.15) is 0 Å². The van der Waals surface area contributed by atoms with Gasteiger partial charge in [-0.25, -0.2) is 0 Å². The molecule has 0 aliphatic carbocycles. The molecule has 1 aromatic rings. The smallest absolute Gasteiger partial charge is 0.227 e. The third-order valence-corrected chi connectivity index (χ3v) is 4.64. The minimum Gasteiger partial charge on any atom is -0.383 e. The maximum atomic E-state index is 12.5. The molecule has 2 aliphatic heterocycles. The van der Waals surface area contributed by atoms with E-state index in [1.165, 1.54) is 5.56 Å². The van der Waals surface area contributed by atoms with Crippen molar-refractivity contribution in [2.45, 2.75) is 13.0 Å². The van der Waals surface area contributed by atoms with Crippen LogP contribution in [0.4, 0.5) is 0 Å². The molecule has 5 heteroatoms. The van der Waals surface area contributed by atoms with E-state index in [-0.39, 0.29) is 5.92 Å². The Kier molecular flexibility index (Phi) is 4.51. The molecule has 2 saturated heterocycles. The van der Waals surface area contributed by atoms with E-state index < -0.39 is 0 Å². The summed E-state index contributed by atoms with van der Waals surface area (Å²) < 4.78 is 5.09. The van der Waals surface area contributed by atoms with Gasteiger partial charge in [0.15, 0.2) is 0 Å². The molecule has 21 heavy (non-hydrogen) atoms. The number of hydrogen-bond donors (Lipinski definition) is 0. The number of rotatable bonds is 5. The van der Waals surface area contributed by atoms with E-state index in [0.29, 0.717) is 18.4 Å². The van der Waals surface area contributed by atoms with Crippen LogP contribution in [0.15, 0.2) is 24.5 Å². The third kappa shape index (κ3) is 3.24. The lowest BCUT2D eigenvalue weighted by molar-refractivity contribution is -0.140. The van der Waals surface area contributed by atoms with Crippen LogP contribution in [0.3, 0.4) is 0 Å². The summed E-state index contributed by atoms with van der Waals surface area (Å²) in [5, 5.41) is 0. The Labute approximate surface area is 125 Å². The first-order valence-electron chi connectivity index (χ1n) is 7.67. The van der Waals surface area contributed by atoms with Crippen LogP contribution in [0.5, 0.6) is 0 Å². The summed E-state index contributed by atoms with van der Waals surface area (Å²) in [6.45, 7) is 5.08. The molecule has 3 rings (SSSR count). The molecule has 1 aromatic heterocycles. The molecule has 0 bridgehead atoms. The summed E-state index contributed by atoms with van der Waals surface area (Å²) in [6.07, 6.45) is 4.78. The van der Waals surface area contributed by atoms with Gasteiger partial charge in [-0.3, -0.25) is 14.7 Å². The first-order chi connectivity index (χ1) is 10.3. The number of nitrogens with zero attached hydrogens (tertiary/aromatic N) is 3. The lowest BCUT2D eigenvalue weighted by atomic mass is 9.88. The minimum atomic E-state index is 0.178. The number of aromatic nitrogens is 1. The maximum Gasteiger partial charge on any atom is 0.227 e. The number of hydrogen-bond acceptors (Lipinski definition) is 4. The van der Waals surface area contributed by atoms with Crippen LogP contribution in [0.2, 0.25) is 0 Å². The van der Waals surface area contributed by atoms with Gasteiger partial charge >= 0.3 is 0 Å². The van der Waals surface area contributed by atoms with E-state index >= 15 is 0 Å². The molecule has 114 valence electrons. The molecule has 1 amide bonds. The van der Waals surface area contributed by atoms with Gasteiger partial charge in [0.05, 0.1) is 12.5 Å². The Morgan fingerprint density at radius 2 is 2.14 bits per heavy atom. The van der Waals surface area contributed by atoms with Crippen LogP contribution < -0.4 is 0 Å². The Morgan fingerprint density at radius 1 is 1.33 bits per heavy atom. The van der Waals surface area contributed by atoms with Gasteiger partial charge in [-0.1, -0.05) is 0 Å². The van der Waals surface area contributed by atoms with E-state index in [1.54, 1.807) is 7.11 Å². The van der Waals surface area contributed by atoms with Crippen molar-refractivity contribution >= 4 is 5.91 Å². The quantitative estimate of drug-likeness (QED) is 0.811. The van der Waals surface area contributed by atoms with E-state index in [4.69, 9.17) is 4.74 Å². The zero-order valence-electron chi connectivity index (χ0n) is 12.6. The third-order valence-electron chi connectivity index (χ3n) is 4.64. The number of carbonyl (C=O) groups is 1. The van der Waals surface area contributed by atoms with Gasteiger partial charge in [-0.15, -0.1) is 0 Å². The predicted octanol–water partition coefficient (Wildman–Crippen LogP) is 1.01. The number of methoxy groups -OCH3 is 1. The predicted molar refractivity (Wildman–Crippen MR) is 79.6 cm³/mol. The molecule has 0 saturated carbocycles. The van der Waals surface area contributed by atoms with Gasteiger partial charge in [0.25, 0.3) is 0 Å². The zero-order chi connectivity index (χ0) is 14.7. The largest absolute Gasteiger partial charge is 0.383 e. The molecule has 5 nitrogen and oxygen atoms in total. The number of piperidine rings is 1. The second-order valence-corrected chi connectivity index (χ2v) is 6.02. The summed E-state index contributed by atoms with van der Waals surface area (Å²) in [7, 11) is 1.68. The highest BCUT2D eigenvalue weighted by molar-refractivity contribution is 5.80. The van der Waals surface area contributed by atoms with Crippen molar-refractivity contribution in [3.8, 4) is 0 Å². The molecule has 0 aromatic carbocycles. The average molecular weight is 289 g/mol. The molecule has 2 atom stereocenters. The topological polar surface area (TPSA) is 45.7 Å². The molecule has 0 radical (unpaired) electrons. The standard InChI is InChI=1S/C16H23N3O2/c1-21-9-8-19-7-4-14-11-18(12-15(14)16(19)20)10-13-2-5-17-6-3-13/h2-3,5-6,14-15H,4,7-12H2,1H3/t14-,15-/m0/s1. The van der Waals surface area contributed by atoms with Gasteiger partial charge in [-0.05, 0) is 30.0 Å². The Morgan fingerprint density at radius 3 is 2.90 bits per heavy atom. The highest BCUT2D eigenvalue weighted by Gasteiger charge is 2.42. The molecular weight excluding hydrogens is 266 g/mol. The van der Waals surface area contributed by atoms with E-state index in [9.17, 15) is 4.79 Å². The van der Waals surface area contributed by atoms with E-state index in [1.807, 2.05) is 17.3 Å². The highest BCUT2D eigenvalue weighted by atomic mass is 16.5. The van der Waals surface area contributed by atoms with Crippen molar-refractivity contribution in [3.05, 3.63) is 30.1 Å². The van der Waals surface area contributed by atoms with Crippen LogP contribution in [-0.4, -0.2) is 60.6 Å². The van der Waals surface area contributed by atoms with Crippen LogP contribution in [-0.2, 0) is 16.1 Å². The molecule has 0 spiro atoms. The summed E-state index contributed by atoms with van der Waals surface area (Å²) >= 11 is 0. The van der Waals surface area contributed by atoms with Crippen LogP contribution in [0.25, 0.3) is 0 Å². The fraction of sp³-hybridized carbons (Fsp3) is 0.625. The average Bonchev–Trinajstić information content (AvgIpc) is 2.91. The fourth-order valence-electron chi connectivity index (χ4n) is 3.50. The number of carbonyl (C=O) groups excluding carboxylic acids is 1. The van der Waals surface area contributed by atoms with Gasteiger partial charge in [0, 0.05) is 52.2 Å². The van der Waals surface area contributed by atoms with Gasteiger partial charge in [0.2, 0.25) is 5.91 Å². The number of pyridine rings is 1. The lowest BCUT2D eigenvalue weighted by Gasteiger charge is -2.33. The van der Waals surface area contributed by atoms with Gasteiger partial charge in [0.1, 0.15) is 0 Å². The molecular formula is C16H23N3O2. The monoisotopic (exact) mass is 289 g/mol. The van der Waals surface area contributed by atoms with Crippen molar-refractivity contribution in [2.75, 3.05) is 39.9 Å². The number of fused-ring (bicyclic) bond motifs is 1. The Bertz CT molecular complexity index is 480. The molecule has 0 unspecified atom stereocenters.